The highest BCUT2D eigenvalue weighted by Gasteiger charge is 2.37. The van der Waals surface area contributed by atoms with E-state index >= 15 is 0 Å². The Balaban J connectivity index is 1.85. The van der Waals surface area contributed by atoms with E-state index in [9.17, 15) is 0 Å². The van der Waals surface area contributed by atoms with Gasteiger partial charge < -0.3 is 10.2 Å². The molecular formula is C15H31N3. The summed E-state index contributed by atoms with van der Waals surface area (Å²) in [5.74, 6) is 0.796. The van der Waals surface area contributed by atoms with Gasteiger partial charge in [-0.1, -0.05) is 27.7 Å². The molecule has 0 saturated carbocycles. The number of hydrogen-bond donors (Lipinski definition) is 1. The zero-order valence-electron chi connectivity index (χ0n) is 12.7. The molecule has 106 valence electrons. The van der Waals surface area contributed by atoms with Crippen LogP contribution in [0.5, 0.6) is 0 Å². The van der Waals surface area contributed by atoms with E-state index in [2.05, 4.69) is 42.8 Å². The van der Waals surface area contributed by atoms with Crippen LogP contribution in [0.4, 0.5) is 0 Å². The second-order valence-corrected chi connectivity index (χ2v) is 7.19. The number of nitrogens with zero attached hydrogens (tertiary/aromatic N) is 2. The molecule has 1 atom stereocenters. The SMILES string of the molecule is CC(C)CN1CCN(C2CNCCC2(C)C)CC1. The first kappa shape index (κ1) is 14.3. The van der Waals surface area contributed by atoms with Crippen molar-refractivity contribution in [2.45, 2.75) is 40.2 Å². The molecule has 2 aliphatic heterocycles. The summed E-state index contributed by atoms with van der Waals surface area (Å²) in [6.45, 7) is 18.2. The minimum absolute atomic E-state index is 0.478. The van der Waals surface area contributed by atoms with E-state index in [4.69, 9.17) is 0 Å². The van der Waals surface area contributed by atoms with Crippen molar-refractivity contribution in [1.29, 1.82) is 0 Å². The lowest BCUT2D eigenvalue weighted by atomic mass is 9.77. The first-order valence-corrected chi connectivity index (χ1v) is 7.66. The second-order valence-electron chi connectivity index (χ2n) is 7.19. The summed E-state index contributed by atoms with van der Waals surface area (Å²) in [5, 5.41) is 3.58. The molecular weight excluding hydrogens is 222 g/mol. The Hall–Kier alpha value is -0.120. The average molecular weight is 253 g/mol. The van der Waals surface area contributed by atoms with Gasteiger partial charge in [-0.15, -0.1) is 0 Å². The molecule has 3 nitrogen and oxygen atoms in total. The third kappa shape index (κ3) is 3.46. The molecule has 1 N–H and O–H groups in total. The summed E-state index contributed by atoms with van der Waals surface area (Å²) in [7, 11) is 0. The van der Waals surface area contributed by atoms with Crippen LogP contribution in [-0.4, -0.2) is 61.7 Å². The summed E-state index contributed by atoms with van der Waals surface area (Å²) in [6, 6.07) is 0.729. The van der Waals surface area contributed by atoms with E-state index in [1.54, 1.807) is 0 Å². The standard InChI is InChI=1S/C15H31N3/c1-13(2)12-17-7-9-18(10-8-17)14-11-16-6-5-15(14,3)4/h13-14,16H,5-12H2,1-4H3. The number of hydrogen-bond acceptors (Lipinski definition) is 3. The molecule has 2 saturated heterocycles. The lowest BCUT2D eigenvalue weighted by Gasteiger charge is -2.48. The van der Waals surface area contributed by atoms with E-state index in [-0.39, 0.29) is 0 Å². The minimum Gasteiger partial charge on any atom is -0.315 e. The van der Waals surface area contributed by atoms with Gasteiger partial charge in [-0.2, -0.15) is 0 Å². The van der Waals surface area contributed by atoms with Gasteiger partial charge in [-0.25, -0.2) is 0 Å². The third-order valence-corrected chi connectivity index (χ3v) is 4.66. The molecule has 1 unspecified atom stereocenters. The molecule has 0 bridgehead atoms. The Labute approximate surface area is 113 Å². The predicted molar refractivity (Wildman–Crippen MR) is 77.9 cm³/mol. The molecule has 0 aromatic heterocycles. The largest absolute Gasteiger partial charge is 0.315 e. The Morgan fingerprint density at radius 2 is 1.83 bits per heavy atom. The quantitative estimate of drug-likeness (QED) is 0.825. The highest BCUT2D eigenvalue weighted by Crippen LogP contribution is 2.31. The van der Waals surface area contributed by atoms with Gasteiger partial charge in [0.2, 0.25) is 0 Å². The fourth-order valence-electron chi connectivity index (χ4n) is 3.49. The van der Waals surface area contributed by atoms with Crippen LogP contribution in [0.1, 0.15) is 34.1 Å². The molecule has 0 aromatic carbocycles. The van der Waals surface area contributed by atoms with Crippen LogP contribution < -0.4 is 5.32 Å². The van der Waals surface area contributed by atoms with Gasteiger partial charge in [-0.05, 0) is 24.3 Å². The highest BCUT2D eigenvalue weighted by atomic mass is 15.3. The average Bonchev–Trinajstić information content (AvgIpc) is 2.29. The van der Waals surface area contributed by atoms with E-state index in [0.717, 1.165) is 12.0 Å². The smallest absolute Gasteiger partial charge is 0.0273 e. The summed E-state index contributed by atoms with van der Waals surface area (Å²) in [6.07, 6.45) is 1.31. The normalized spacial score (nSPS) is 30.8. The summed E-state index contributed by atoms with van der Waals surface area (Å²) in [4.78, 5) is 5.35. The second kappa shape index (κ2) is 5.89. The first-order valence-electron chi connectivity index (χ1n) is 7.66. The van der Waals surface area contributed by atoms with Crippen molar-refractivity contribution in [2.24, 2.45) is 11.3 Å². The molecule has 0 radical (unpaired) electrons. The van der Waals surface area contributed by atoms with E-state index in [0.29, 0.717) is 5.41 Å². The molecule has 2 aliphatic rings. The molecule has 0 amide bonds. The highest BCUT2D eigenvalue weighted by molar-refractivity contribution is 4.93. The van der Waals surface area contributed by atoms with E-state index < -0.39 is 0 Å². The topological polar surface area (TPSA) is 18.5 Å². The van der Waals surface area contributed by atoms with E-state index in [1.165, 1.54) is 52.2 Å². The Morgan fingerprint density at radius 3 is 2.39 bits per heavy atom. The van der Waals surface area contributed by atoms with Crippen LogP contribution in [0, 0.1) is 11.3 Å². The lowest BCUT2D eigenvalue weighted by molar-refractivity contribution is 0.0192. The van der Waals surface area contributed by atoms with Crippen molar-refractivity contribution >= 4 is 0 Å². The fraction of sp³-hybridized carbons (Fsp3) is 1.00. The lowest BCUT2D eigenvalue weighted by Crippen LogP contribution is -2.60. The molecule has 0 aliphatic carbocycles. The summed E-state index contributed by atoms with van der Waals surface area (Å²) in [5.41, 5.74) is 0.478. The molecule has 3 heteroatoms. The first-order chi connectivity index (χ1) is 8.49. The molecule has 0 spiro atoms. The Bertz CT molecular complexity index is 254. The number of rotatable bonds is 3. The maximum Gasteiger partial charge on any atom is 0.0273 e. The Morgan fingerprint density at radius 1 is 1.17 bits per heavy atom. The third-order valence-electron chi connectivity index (χ3n) is 4.66. The maximum absolute atomic E-state index is 3.58. The van der Waals surface area contributed by atoms with Crippen molar-refractivity contribution in [3.63, 3.8) is 0 Å². The van der Waals surface area contributed by atoms with Gasteiger partial charge in [0.25, 0.3) is 0 Å². The minimum atomic E-state index is 0.478. The van der Waals surface area contributed by atoms with Crippen LogP contribution in [0.2, 0.25) is 0 Å². The number of nitrogens with one attached hydrogen (secondary N) is 1. The molecule has 18 heavy (non-hydrogen) atoms. The van der Waals surface area contributed by atoms with E-state index in [1.807, 2.05) is 0 Å². The van der Waals surface area contributed by atoms with Crippen LogP contribution in [0.15, 0.2) is 0 Å². The number of piperazine rings is 1. The van der Waals surface area contributed by atoms with Gasteiger partial charge in [0.1, 0.15) is 0 Å². The summed E-state index contributed by atoms with van der Waals surface area (Å²) < 4.78 is 0. The van der Waals surface area contributed by atoms with Crippen LogP contribution in [0.25, 0.3) is 0 Å². The maximum atomic E-state index is 3.58. The Kier molecular flexibility index (Phi) is 4.68. The van der Waals surface area contributed by atoms with Gasteiger partial charge >= 0.3 is 0 Å². The number of piperidine rings is 1. The van der Waals surface area contributed by atoms with Crippen molar-refractivity contribution in [3.8, 4) is 0 Å². The van der Waals surface area contributed by atoms with Gasteiger partial charge in [0, 0.05) is 45.3 Å². The molecule has 2 rings (SSSR count). The van der Waals surface area contributed by atoms with Gasteiger partial charge in [-0.3, -0.25) is 4.90 Å². The monoisotopic (exact) mass is 253 g/mol. The fourth-order valence-corrected chi connectivity index (χ4v) is 3.49. The summed E-state index contributed by atoms with van der Waals surface area (Å²) >= 11 is 0. The molecule has 2 fully saturated rings. The van der Waals surface area contributed by atoms with Gasteiger partial charge in [0.05, 0.1) is 0 Å². The van der Waals surface area contributed by atoms with Crippen molar-refractivity contribution in [1.82, 2.24) is 15.1 Å². The zero-order chi connectivity index (χ0) is 13.2. The van der Waals surface area contributed by atoms with Crippen molar-refractivity contribution in [3.05, 3.63) is 0 Å². The van der Waals surface area contributed by atoms with Crippen molar-refractivity contribution in [2.75, 3.05) is 45.8 Å². The van der Waals surface area contributed by atoms with Crippen molar-refractivity contribution < 1.29 is 0 Å². The zero-order valence-corrected chi connectivity index (χ0v) is 12.7. The predicted octanol–water partition coefficient (Wildman–Crippen LogP) is 1.65. The van der Waals surface area contributed by atoms with Gasteiger partial charge in [0.15, 0.2) is 0 Å². The van der Waals surface area contributed by atoms with Crippen LogP contribution >= 0.6 is 0 Å². The molecule has 0 aromatic rings. The van der Waals surface area contributed by atoms with Crippen LogP contribution in [-0.2, 0) is 0 Å². The molecule has 2 heterocycles. The van der Waals surface area contributed by atoms with Crippen LogP contribution in [0.3, 0.4) is 0 Å².